The summed E-state index contributed by atoms with van der Waals surface area (Å²) in [4.78, 5) is 28.7. The topological polar surface area (TPSA) is 96.0 Å². The highest BCUT2D eigenvalue weighted by atomic mass is 35.5. The van der Waals surface area contributed by atoms with Crippen molar-refractivity contribution in [3.8, 4) is 5.75 Å². The molecule has 218 valence electrons. The van der Waals surface area contributed by atoms with Crippen molar-refractivity contribution in [3.05, 3.63) is 88.4 Å². The van der Waals surface area contributed by atoms with Crippen molar-refractivity contribution in [3.63, 3.8) is 0 Å². The lowest BCUT2D eigenvalue weighted by Gasteiger charge is -2.32. The summed E-state index contributed by atoms with van der Waals surface area (Å²) in [5, 5.41) is 3.44. The molecule has 0 heterocycles. The maximum Gasteiger partial charge on any atom is 0.264 e. The fraction of sp³-hybridized carbons (Fsp3) is 0.333. The van der Waals surface area contributed by atoms with Crippen molar-refractivity contribution < 1.29 is 22.7 Å². The average Bonchev–Trinajstić information content (AvgIpc) is 3.48. The lowest BCUT2D eigenvalue weighted by molar-refractivity contribution is -0.139. The Bertz CT molecular complexity index is 1460. The molecule has 4 rings (SSSR count). The minimum Gasteiger partial charge on any atom is -0.497 e. The van der Waals surface area contributed by atoms with Gasteiger partial charge in [0.1, 0.15) is 18.3 Å². The first-order chi connectivity index (χ1) is 19.6. The number of carbonyl (C=O) groups is 2. The Hall–Kier alpha value is -3.27. The number of amides is 2. The molecular formula is C30H33Cl2N3O5S. The van der Waals surface area contributed by atoms with Crippen LogP contribution in [0.2, 0.25) is 10.0 Å². The zero-order valence-electron chi connectivity index (χ0n) is 22.9. The standard InChI is InChI=1S/C30H33Cl2N3O5S/c1-21(30(37)33-24-8-6-7-9-24)34(19-22-12-15-25(40-2)16-13-22)29(36)20-35(28-17-14-23(31)18-27(28)32)41(38,39)26-10-4-3-5-11-26/h3-5,10-18,21,24H,6-9,19-20H2,1-2H3,(H,33,37)/t21-/m1/s1. The molecule has 0 bridgehead atoms. The largest absolute Gasteiger partial charge is 0.497 e. The molecule has 0 aliphatic heterocycles. The summed E-state index contributed by atoms with van der Waals surface area (Å²) in [5.74, 6) is -0.211. The van der Waals surface area contributed by atoms with Gasteiger partial charge in [0.25, 0.3) is 10.0 Å². The van der Waals surface area contributed by atoms with E-state index in [0.717, 1.165) is 35.6 Å². The predicted molar refractivity (Wildman–Crippen MR) is 161 cm³/mol. The van der Waals surface area contributed by atoms with Crippen molar-refractivity contribution in [2.45, 2.75) is 56.1 Å². The van der Waals surface area contributed by atoms with E-state index < -0.39 is 28.5 Å². The predicted octanol–water partition coefficient (Wildman–Crippen LogP) is 5.67. The molecule has 0 radical (unpaired) electrons. The summed E-state index contributed by atoms with van der Waals surface area (Å²) in [7, 11) is -2.66. The van der Waals surface area contributed by atoms with Crippen LogP contribution in [0.5, 0.6) is 5.75 Å². The van der Waals surface area contributed by atoms with Gasteiger partial charge < -0.3 is 15.0 Å². The smallest absolute Gasteiger partial charge is 0.264 e. The highest BCUT2D eigenvalue weighted by molar-refractivity contribution is 7.92. The average molecular weight is 619 g/mol. The second kappa shape index (κ2) is 13.6. The van der Waals surface area contributed by atoms with E-state index in [9.17, 15) is 18.0 Å². The Labute approximate surface area is 251 Å². The fourth-order valence-corrected chi connectivity index (χ4v) is 6.83. The van der Waals surface area contributed by atoms with Gasteiger partial charge in [-0.15, -0.1) is 0 Å². The first-order valence-electron chi connectivity index (χ1n) is 13.4. The van der Waals surface area contributed by atoms with Crippen LogP contribution in [-0.4, -0.2) is 50.9 Å². The first-order valence-corrected chi connectivity index (χ1v) is 15.6. The molecule has 0 aromatic heterocycles. The molecule has 3 aromatic rings. The number of hydrogen-bond donors (Lipinski definition) is 1. The van der Waals surface area contributed by atoms with Crippen LogP contribution in [0.4, 0.5) is 5.69 Å². The van der Waals surface area contributed by atoms with Crippen molar-refractivity contribution in [1.82, 2.24) is 10.2 Å². The maximum absolute atomic E-state index is 14.0. The minimum atomic E-state index is -4.22. The number of benzene rings is 3. The van der Waals surface area contributed by atoms with Gasteiger partial charge in [0.15, 0.2) is 0 Å². The number of methoxy groups -OCH3 is 1. The molecule has 0 unspecified atom stereocenters. The molecular weight excluding hydrogens is 585 g/mol. The van der Waals surface area contributed by atoms with Crippen LogP contribution in [0.15, 0.2) is 77.7 Å². The van der Waals surface area contributed by atoms with Crippen LogP contribution < -0.4 is 14.4 Å². The zero-order chi connectivity index (χ0) is 29.6. The minimum absolute atomic E-state index is 0.00690. The quantitative estimate of drug-likeness (QED) is 0.299. The summed E-state index contributed by atoms with van der Waals surface area (Å²) < 4.78 is 33.9. The van der Waals surface area contributed by atoms with Crippen LogP contribution in [0.3, 0.4) is 0 Å². The third-order valence-electron chi connectivity index (χ3n) is 7.17. The third-order valence-corrected chi connectivity index (χ3v) is 9.48. The van der Waals surface area contributed by atoms with Gasteiger partial charge in [-0.25, -0.2) is 8.42 Å². The van der Waals surface area contributed by atoms with Gasteiger partial charge in [0.05, 0.1) is 22.7 Å². The van der Waals surface area contributed by atoms with Gasteiger partial charge in [0.2, 0.25) is 11.8 Å². The number of sulfonamides is 1. The molecule has 2 amide bonds. The normalized spacial score (nSPS) is 14.3. The fourth-order valence-electron chi connectivity index (χ4n) is 4.82. The highest BCUT2D eigenvalue weighted by Crippen LogP contribution is 2.33. The molecule has 41 heavy (non-hydrogen) atoms. The Balaban J connectivity index is 1.69. The van der Waals surface area contributed by atoms with Crippen LogP contribution in [0.1, 0.15) is 38.2 Å². The first kappa shape index (κ1) is 30.7. The number of anilines is 1. The Kier molecular flexibility index (Phi) is 10.2. The van der Waals surface area contributed by atoms with Crippen molar-refractivity contribution >= 4 is 50.7 Å². The molecule has 3 aromatic carbocycles. The maximum atomic E-state index is 14.0. The summed E-state index contributed by atoms with van der Waals surface area (Å²) in [5.41, 5.74) is 0.849. The van der Waals surface area contributed by atoms with Gasteiger partial charge >= 0.3 is 0 Å². The van der Waals surface area contributed by atoms with Crippen LogP contribution >= 0.6 is 23.2 Å². The molecule has 11 heteroatoms. The summed E-state index contributed by atoms with van der Waals surface area (Å²) in [6.07, 6.45) is 3.87. The van der Waals surface area contributed by atoms with E-state index in [2.05, 4.69) is 5.32 Å². The molecule has 1 N–H and O–H groups in total. The number of hydrogen-bond acceptors (Lipinski definition) is 5. The molecule has 1 aliphatic carbocycles. The lowest BCUT2D eigenvalue weighted by Crippen LogP contribution is -2.52. The van der Waals surface area contributed by atoms with E-state index in [1.165, 1.54) is 35.2 Å². The Morgan fingerprint density at radius 3 is 2.27 bits per heavy atom. The van der Waals surface area contributed by atoms with E-state index in [0.29, 0.717) is 10.8 Å². The molecule has 0 saturated heterocycles. The Morgan fingerprint density at radius 2 is 1.66 bits per heavy atom. The van der Waals surface area contributed by atoms with Gasteiger partial charge in [-0.05, 0) is 67.8 Å². The number of ether oxygens (including phenoxy) is 1. The molecule has 1 saturated carbocycles. The number of nitrogens with zero attached hydrogens (tertiary/aromatic N) is 2. The van der Waals surface area contributed by atoms with Gasteiger partial charge in [-0.1, -0.05) is 66.4 Å². The van der Waals surface area contributed by atoms with E-state index in [1.807, 2.05) is 0 Å². The van der Waals surface area contributed by atoms with Crippen molar-refractivity contribution in [2.75, 3.05) is 18.0 Å². The molecule has 1 aliphatic rings. The lowest BCUT2D eigenvalue weighted by atomic mass is 10.1. The van der Waals surface area contributed by atoms with E-state index in [1.54, 1.807) is 56.5 Å². The number of nitrogens with one attached hydrogen (secondary N) is 1. The SMILES string of the molecule is COc1ccc(CN(C(=O)CN(c2ccc(Cl)cc2Cl)S(=O)(=O)c2ccccc2)[C@H](C)C(=O)NC2CCCC2)cc1. The highest BCUT2D eigenvalue weighted by Gasteiger charge is 2.34. The van der Waals surface area contributed by atoms with Crippen LogP contribution in [-0.2, 0) is 26.2 Å². The Morgan fingerprint density at radius 1 is 1.00 bits per heavy atom. The van der Waals surface area contributed by atoms with Gasteiger partial charge in [-0.3, -0.25) is 13.9 Å². The molecule has 1 atom stereocenters. The molecule has 0 spiro atoms. The zero-order valence-corrected chi connectivity index (χ0v) is 25.3. The summed E-state index contributed by atoms with van der Waals surface area (Å²) in [6.45, 7) is 1.14. The van der Waals surface area contributed by atoms with Gasteiger partial charge in [0, 0.05) is 17.6 Å². The van der Waals surface area contributed by atoms with Crippen molar-refractivity contribution in [1.29, 1.82) is 0 Å². The van der Waals surface area contributed by atoms with Crippen molar-refractivity contribution in [2.24, 2.45) is 0 Å². The molecule has 1 fully saturated rings. The summed E-state index contributed by atoms with van der Waals surface area (Å²) in [6, 6.07) is 18.5. The molecule has 8 nitrogen and oxygen atoms in total. The second-order valence-electron chi connectivity index (χ2n) is 9.96. The van der Waals surface area contributed by atoms with E-state index in [-0.39, 0.29) is 34.1 Å². The van der Waals surface area contributed by atoms with Crippen LogP contribution in [0, 0.1) is 0 Å². The van der Waals surface area contributed by atoms with E-state index in [4.69, 9.17) is 27.9 Å². The second-order valence-corrected chi connectivity index (χ2v) is 12.7. The van der Waals surface area contributed by atoms with E-state index >= 15 is 0 Å². The summed E-state index contributed by atoms with van der Waals surface area (Å²) >= 11 is 12.5. The number of halogens is 2. The number of carbonyl (C=O) groups excluding carboxylic acids is 2. The number of rotatable bonds is 11. The third kappa shape index (κ3) is 7.52. The van der Waals surface area contributed by atoms with Gasteiger partial charge in [-0.2, -0.15) is 0 Å². The van der Waals surface area contributed by atoms with Crippen LogP contribution in [0.25, 0.3) is 0 Å². The monoisotopic (exact) mass is 617 g/mol.